The molecule has 2 nitrogen and oxygen atoms in total. The molecule has 0 amide bonds. The zero-order chi connectivity index (χ0) is 13.2. The molecular formula is C12H10F3NOS. The molecule has 1 aromatic carbocycles. The van der Waals surface area contributed by atoms with Gasteiger partial charge in [0, 0.05) is 12.6 Å². The second-order valence-electron chi connectivity index (χ2n) is 3.71. The van der Waals surface area contributed by atoms with E-state index in [2.05, 4.69) is 4.98 Å². The largest absolute Gasteiger partial charge is 0.416 e. The molecule has 2 rings (SSSR count). The van der Waals surface area contributed by atoms with Gasteiger partial charge in [-0.15, -0.1) is 11.3 Å². The minimum atomic E-state index is -4.35. The fraction of sp³-hybridized carbons (Fsp3) is 0.250. The second kappa shape index (κ2) is 5.07. The number of benzene rings is 1. The Morgan fingerprint density at radius 1 is 1.22 bits per heavy atom. The Labute approximate surface area is 106 Å². The first kappa shape index (κ1) is 13.0. The molecule has 0 unspecified atom stereocenters. The molecule has 1 heterocycles. The van der Waals surface area contributed by atoms with Crippen molar-refractivity contribution in [3.05, 3.63) is 51.5 Å². The second-order valence-corrected chi connectivity index (χ2v) is 4.91. The summed E-state index contributed by atoms with van der Waals surface area (Å²) in [6.07, 6.45) is -2.75. The lowest BCUT2D eigenvalue weighted by molar-refractivity contribution is -0.138. The monoisotopic (exact) mass is 273 g/mol. The lowest BCUT2D eigenvalue weighted by atomic mass is 10.0. The number of rotatable bonds is 3. The van der Waals surface area contributed by atoms with Crippen LogP contribution >= 0.6 is 11.3 Å². The summed E-state index contributed by atoms with van der Waals surface area (Å²) in [5, 5.41) is 9.46. The lowest BCUT2D eigenvalue weighted by Crippen LogP contribution is -2.09. The van der Waals surface area contributed by atoms with Crippen LogP contribution in [0.4, 0.5) is 13.2 Å². The molecule has 0 saturated carbocycles. The minimum absolute atomic E-state index is 0.125. The SMILES string of the molecule is OCc1cnc(Cc2ccccc2C(F)(F)F)s1. The van der Waals surface area contributed by atoms with Crippen LogP contribution in [0.25, 0.3) is 0 Å². The highest BCUT2D eigenvalue weighted by atomic mass is 32.1. The summed E-state index contributed by atoms with van der Waals surface area (Å²) in [4.78, 5) is 4.64. The molecule has 0 aliphatic heterocycles. The molecule has 0 saturated heterocycles. The van der Waals surface area contributed by atoms with E-state index in [1.807, 2.05) is 0 Å². The summed E-state index contributed by atoms with van der Waals surface area (Å²) in [5.41, 5.74) is -0.436. The maximum Gasteiger partial charge on any atom is 0.416 e. The van der Waals surface area contributed by atoms with Gasteiger partial charge in [-0.3, -0.25) is 0 Å². The molecule has 6 heteroatoms. The number of aliphatic hydroxyl groups excluding tert-OH is 1. The molecule has 0 aliphatic carbocycles. The Bertz CT molecular complexity index is 536. The Balaban J connectivity index is 2.29. The van der Waals surface area contributed by atoms with E-state index in [0.717, 1.165) is 6.07 Å². The van der Waals surface area contributed by atoms with Crippen molar-refractivity contribution in [2.75, 3.05) is 0 Å². The van der Waals surface area contributed by atoms with E-state index in [-0.39, 0.29) is 18.6 Å². The zero-order valence-electron chi connectivity index (χ0n) is 9.24. The van der Waals surface area contributed by atoms with E-state index in [1.165, 1.54) is 29.7 Å². The molecule has 0 radical (unpaired) electrons. The molecule has 2 aromatic rings. The van der Waals surface area contributed by atoms with Gasteiger partial charge in [0.1, 0.15) is 0 Å². The summed E-state index contributed by atoms with van der Waals surface area (Å²) in [7, 11) is 0. The molecule has 0 spiro atoms. The summed E-state index contributed by atoms with van der Waals surface area (Å²) in [5.74, 6) is 0. The molecule has 0 atom stereocenters. The highest BCUT2D eigenvalue weighted by molar-refractivity contribution is 7.11. The van der Waals surface area contributed by atoms with Gasteiger partial charge in [-0.25, -0.2) is 4.98 Å². The van der Waals surface area contributed by atoms with E-state index in [1.54, 1.807) is 6.07 Å². The summed E-state index contributed by atoms with van der Waals surface area (Å²) in [6, 6.07) is 5.46. The van der Waals surface area contributed by atoms with Gasteiger partial charge in [0.25, 0.3) is 0 Å². The van der Waals surface area contributed by atoms with Crippen molar-refractivity contribution in [3.63, 3.8) is 0 Å². The average Bonchev–Trinajstić information content (AvgIpc) is 2.76. The first-order chi connectivity index (χ1) is 8.50. The van der Waals surface area contributed by atoms with E-state index in [0.29, 0.717) is 9.88 Å². The van der Waals surface area contributed by atoms with Crippen LogP contribution in [0.5, 0.6) is 0 Å². The summed E-state index contributed by atoms with van der Waals surface area (Å²) < 4.78 is 38.3. The van der Waals surface area contributed by atoms with Crippen molar-refractivity contribution in [2.45, 2.75) is 19.2 Å². The molecule has 0 aliphatic rings. The molecule has 18 heavy (non-hydrogen) atoms. The molecule has 0 bridgehead atoms. The fourth-order valence-electron chi connectivity index (χ4n) is 1.62. The van der Waals surface area contributed by atoms with Crippen LogP contribution in [0, 0.1) is 0 Å². The van der Waals surface area contributed by atoms with Crippen LogP contribution in [-0.2, 0) is 19.2 Å². The van der Waals surface area contributed by atoms with Crippen molar-refractivity contribution in [3.8, 4) is 0 Å². The predicted octanol–water partition coefficient (Wildman–Crippen LogP) is 3.25. The van der Waals surface area contributed by atoms with Gasteiger partial charge >= 0.3 is 6.18 Å². The van der Waals surface area contributed by atoms with E-state index in [9.17, 15) is 13.2 Å². The topological polar surface area (TPSA) is 33.1 Å². The third-order valence-electron chi connectivity index (χ3n) is 2.42. The van der Waals surface area contributed by atoms with Crippen molar-refractivity contribution >= 4 is 11.3 Å². The molecule has 1 aromatic heterocycles. The smallest absolute Gasteiger partial charge is 0.391 e. The zero-order valence-corrected chi connectivity index (χ0v) is 10.1. The van der Waals surface area contributed by atoms with Crippen LogP contribution in [0.15, 0.2) is 30.5 Å². The van der Waals surface area contributed by atoms with Gasteiger partial charge in [0.05, 0.1) is 22.1 Å². The standard InChI is InChI=1S/C12H10F3NOS/c13-12(14,15)10-4-2-1-3-8(10)5-11-16-6-9(7-17)18-11/h1-4,6,17H,5,7H2. The third kappa shape index (κ3) is 2.88. The first-order valence-electron chi connectivity index (χ1n) is 5.20. The Hall–Kier alpha value is -1.40. The summed E-state index contributed by atoms with van der Waals surface area (Å²) >= 11 is 1.22. The van der Waals surface area contributed by atoms with E-state index in [4.69, 9.17) is 5.11 Å². The number of aromatic nitrogens is 1. The van der Waals surface area contributed by atoms with Crippen LogP contribution in [0.3, 0.4) is 0 Å². The van der Waals surface area contributed by atoms with Gasteiger partial charge in [0.2, 0.25) is 0 Å². The fourth-order valence-corrected chi connectivity index (χ4v) is 2.42. The molecule has 96 valence electrons. The van der Waals surface area contributed by atoms with Gasteiger partial charge in [0.15, 0.2) is 0 Å². The third-order valence-corrected chi connectivity index (χ3v) is 3.40. The van der Waals surface area contributed by atoms with E-state index >= 15 is 0 Å². The Kier molecular flexibility index (Phi) is 3.68. The van der Waals surface area contributed by atoms with Crippen LogP contribution in [0.1, 0.15) is 21.0 Å². The van der Waals surface area contributed by atoms with Crippen LogP contribution in [-0.4, -0.2) is 10.1 Å². The maximum atomic E-state index is 12.8. The maximum absolute atomic E-state index is 12.8. The van der Waals surface area contributed by atoms with Gasteiger partial charge in [-0.2, -0.15) is 13.2 Å². The van der Waals surface area contributed by atoms with Crippen LogP contribution in [0.2, 0.25) is 0 Å². The Morgan fingerprint density at radius 2 is 1.94 bits per heavy atom. The first-order valence-corrected chi connectivity index (χ1v) is 6.02. The normalized spacial score (nSPS) is 11.8. The average molecular weight is 273 g/mol. The van der Waals surface area contributed by atoms with E-state index < -0.39 is 11.7 Å². The quantitative estimate of drug-likeness (QED) is 0.931. The summed E-state index contributed by atoms with van der Waals surface area (Å²) in [6.45, 7) is -0.140. The lowest BCUT2D eigenvalue weighted by Gasteiger charge is -2.11. The highest BCUT2D eigenvalue weighted by Crippen LogP contribution is 2.33. The van der Waals surface area contributed by atoms with Gasteiger partial charge < -0.3 is 5.11 Å². The van der Waals surface area contributed by atoms with Crippen molar-refractivity contribution in [1.29, 1.82) is 0 Å². The molecule has 1 N–H and O–H groups in total. The van der Waals surface area contributed by atoms with Crippen molar-refractivity contribution in [1.82, 2.24) is 4.98 Å². The Morgan fingerprint density at radius 3 is 2.56 bits per heavy atom. The number of aliphatic hydroxyl groups is 1. The highest BCUT2D eigenvalue weighted by Gasteiger charge is 2.32. The van der Waals surface area contributed by atoms with Gasteiger partial charge in [-0.1, -0.05) is 18.2 Å². The number of alkyl halides is 3. The molecular weight excluding hydrogens is 263 g/mol. The van der Waals surface area contributed by atoms with Crippen LogP contribution < -0.4 is 0 Å². The van der Waals surface area contributed by atoms with Crippen molar-refractivity contribution in [2.24, 2.45) is 0 Å². The number of hydrogen-bond acceptors (Lipinski definition) is 3. The minimum Gasteiger partial charge on any atom is -0.391 e. The number of hydrogen-bond donors (Lipinski definition) is 1. The van der Waals surface area contributed by atoms with Crippen molar-refractivity contribution < 1.29 is 18.3 Å². The number of halogens is 3. The number of thiazole rings is 1. The number of nitrogens with zero attached hydrogens (tertiary/aromatic N) is 1. The molecule has 0 fully saturated rings. The van der Waals surface area contributed by atoms with Gasteiger partial charge in [-0.05, 0) is 11.6 Å². The predicted molar refractivity (Wildman–Crippen MR) is 62.3 cm³/mol.